The van der Waals surface area contributed by atoms with Crippen molar-refractivity contribution in [3.05, 3.63) is 44.9 Å². The van der Waals surface area contributed by atoms with Crippen molar-refractivity contribution in [1.29, 1.82) is 0 Å². The predicted molar refractivity (Wildman–Crippen MR) is 89.2 cm³/mol. The molecule has 2 aromatic rings. The predicted octanol–water partition coefficient (Wildman–Crippen LogP) is 3.84. The molecule has 0 saturated heterocycles. The normalized spacial score (nSPS) is 14.8. The minimum absolute atomic E-state index is 0. The van der Waals surface area contributed by atoms with Crippen LogP contribution in [0.1, 0.15) is 30.2 Å². The fraction of sp³-hybridized carbons (Fsp3) is 0.438. The standard InChI is InChI=1S/C16H19NOS.ClH/c1-2-3-9-17-10-8-15-13(11-17)16(18)12-6-4-5-7-14(12)19-15;/h4-7H,2-3,8-11H2,1H3;1H. The van der Waals surface area contributed by atoms with Crippen molar-refractivity contribution < 1.29 is 0 Å². The Labute approximate surface area is 129 Å². The highest BCUT2D eigenvalue weighted by Gasteiger charge is 2.20. The van der Waals surface area contributed by atoms with Gasteiger partial charge in [0, 0.05) is 33.6 Å². The lowest BCUT2D eigenvalue weighted by atomic mass is 10.1. The summed E-state index contributed by atoms with van der Waals surface area (Å²) in [6.07, 6.45) is 3.47. The third-order valence-electron chi connectivity index (χ3n) is 3.84. The summed E-state index contributed by atoms with van der Waals surface area (Å²) in [5.74, 6) is 0. The first-order valence-electron chi connectivity index (χ1n) is 7.05. The van der Waals surface area contributed by atoms with Crippen LogP contribution in [0.2, 0.25) is 0 Å². The van der Waals surface area contributed by atoms with Gasteiger partial charge < -0.3 is 0 Å². The van der Waals surface area contributed by atoms with Gasteiger partial charge >= 0.3 is 0 Å². The SMILES string of the molecule is CCCCN1CCc2sc3ccccc3c(=O)c2C1.Cl. The molecule has 1 aromatic heterocycles. The maximum Gasteiger partial charge on any atom is 0.192 e. The average molecular weight is 310 g/mol. The molecule has 1 aliphatic rings. The molecule has 0 saturated carbocycles. The Hall–Kier alpha value is -0.900. The van der Waals surface area contributed by atoms with Gasteiger partial charge in [-0.05, 0) is 31.5 Å². The summed E-state index contributed by atoms with van der Waals surface area (Å²) in [6.45, 7) is 5.27. The van der Waals surface area contributed by atoms with E-state index < -0.39 is 0 Å². The second kappa shape index (κ2) is 6.70. The molecule has 0 amide bonds. The van der Waals surface area contributed by atoms with Gasteiger partial charge in [0.05, 0.1) is 0 Å². The van der Waals surface area contributed by atoms with Crippen LogP contribution in [0.4, 0.5) is 0 Å². The average Bonchev–Trinajstić information content (AvgIpc) is 2.46. The van der Waals surface area contributed by atoms with E-state index in [0.29, 0.717) is 0 Å². The number of unbranched alkanes of at least 4 members (excludes halogenated alkanes) is 1. The highest BCUT2D eigenvalue weighted by atomic mass is 35.5. The van der Waals surface area contributed by atoms with Gasteiger partial charge in [0.2, 0.25) is 0 Å². The van der Waals surface area contributed by atoms with Gasteiger partial charge in [-0.2, -0.15) is 0 Å². The summed E-state index contributed by atoms with van der Waals surface area (Å²) in [4.78, 5) is 16.3. The molecule has 2 heterocycles. The summed E-state index contributed by atoms with van der Waals surface area (Å²) in [5.41, 5.74) is 1.30. The first-order valence-corrected chi connectivity index (χ1v) is 7.87. The third kappa shape index (κ3) is 2.90. The van der Waals surface area contributed by atoms with Crippen LogP contribution >= 0.6 is 23.7 Å². The van der Waals surface area contributed by atoms with Gasteiger partial charge in [0.1, 0.15) is 0 Å². The van der Waals surface area contributed by atoms with Gasteiger partial charge in [-0.25, -0.2) is 0 Å². The zero-order valence-corrected chi connectivity index (χ0v) is 13.4. The molecule has 0 unspecified atom stereocenters. The number of benzene rings is 1. The van der Waals surface area contributed by atoms with Gasteiger partial charge in [0.15, 0.2) is 5.43 Å². The Bertz CT molecular complexity index is 652. The maximum atomic E-state index is 12.6. The molecule has 0 N–H and O–H groups in total. The van der Waals surface area contributed by atoms with E-state index in [-0.39, 0.29) is 17.8 Å². The zero-order valence-electron chi connectivity index (χ0n) is 11.7. The van der Waals surface area contributed by atoms with Gasteiger partial charge in [0.25, 0.3) is 0 Å². The Morgan fingerprint density at radius 1 is 1.30 bits per heavy atom. The molecule has 0 fully saturated rings. The quantitative estimate of drug-likeness (QED) is 0.858. The minimum atomic E-state index is 0. The highest BCUT2D eigenvalue weighted by Crippen LogP contribution is 2.26. The molecule has 3 rings (SSSR count). The van der Waals surface area contributed by atoms with Crippen molar-refractivity contribution in [2.24, 2.45) is 0 Å². The van der Waals surface area contributed by atoms with E-state index in [9.17, 15) is 4.79 Å². The fourth-order valence-corrected chi connectivity index (χ4v) is 3.88. The van der Waals surface area contributed by atoms with Crippen molar-refractivity contribution >= 4 is 33.8 Å². The number of hydrogen-bond acceptors (Lipinski definition) is 3. The van der Waals surface area contributed by atoms with Crippen LogP contribution in [0.25, 0.3) is 10.1 Å². The third-order valence-corrected chi connectivity index (χ3v) is 5.11. The number of nitrogens with zero attached hydrogens (tertiary/aromatic N) is 1. The van der Waals surface area contributed by atoms with Crippen molar-refractivity contribution in [2.45, 2.75) is 32.7 Å². The molecule has 20 heavy (non-hydrogen) atoms. The van der Waals surface area contributed by atoms with Crippen molar-refractivity contribution in [2.75, 3.05) is 13.1 Å². The second-order valence-electron chi connectivity index (χ2n) is 5.21. The lowest BCUT2D eigenvalue weighted by molar-refractivity contribution is 0.251. The van der Waals surface area contributed by atoms with E-state index in [2.05, 4.69) is 17.9 Å². The van der Waals surface area contributed by atoms with Crippen molar-refractivity contribution in [3.8, 4) is 0 Å². The summed E-state index contributed by atoms with van der Waals surface area (Å²) in [7, 11) is 0. The largest absolute Gasteiger partial charge is 0.299 e. The zero-order chi connectivity index (χ0) is 13.2. The molecule has 0 atom stereocenters. The Balaban J connectivity index is 0.00000147. The topological polar surface area (TPSA) is 20.3 Å². The van der Waals surface area contributed by atoms with Crippen LogP contribution in [-0.2, 0) is 13.0 Å². The molecule has 4 heteroatoms. The van der Waals surface area contributed by atoms with E-state index in [1.807, 2.05) is 18.2 Å². The number of halogens is 1. The number of rotatable bonds is 3. The Morgan fingerprint density at radius 3 is 2.90 bits per heavy atom. The number of hydrogen-bond donors (Lipinski definition) is 0. The molecule has 1 aliphatic heterocycles. The minimum Gasteiger partial charge on any atom is -0.299 e. The van der Waals surface area contributed by atoms with Crippen LogP contribution in [0, 0.1) is 0 Å². The monoisotopic (exact) mass is 309 g/mol. The van der Waals surface area contributed by atoms with Crippen LogP contribution < -0.4 is 5.43 Å². The van der Waals surface area contributed by atoms with Crippen LogP contribution in [0.3, 0.4) is 0 Å². The van der Waals surface area contributed by atoms with Gasteiger partial charge in [-0.3, -0.25) is 9.69 Å². The van der Waals surface area contributed by atoms with E-state index >= 15 is 0 Å². The van der Waals surface area contributed by atoms with Gasteiger partial charge in [-0.15, -0.1) is 23.7 Å². The summed E-state index contributed by atoms with van der Waals surface area (Å²) in [6, 6.07) is 7.99. The summed E-state index contributed by atoms with van der Waals surface area (Å²) < 4.78 is 1.13. The van der Waals surface area contributed by atoms with Crippen molar-refractivity contribution in [3.63, 3.8) is 0 Å². The summed E-state index contributed by atoms with van der Waals surface area (Å²) in [5, 5.41) is 0.892. The van der Waals surface area contributed by atoms with Crippen LogP contribution in [-0.4, -0.2) is 18.0 Å². The van der Waals surface area contributed by atoms with Crippen LogP contribution in [0.5, 0.6) is 0 Å². The molecular formula is C16H20ClNOS. The molecular weight excluding hydrogens is 290 g/mol. The molecule has 0 bridgehead atoms. The Morgan fingerprint density at radius 2 is 2.10 bits per heavy atom. The second-order valence-corrected chi connectivity index (χ2v) is 6.35. The smallest absolute Gasteiger partial charge is 0.192 e. The maximum absolute atomic E-state index is 12.6. The molecule has 0 spiro atoms. The molecule has 2 nitrogen and oxygen atoms in total. The molecule has 0 aliphatic carbocycles. The summed E-state index contributed by atoms with van der Waals surface area (Å²) >= 11 is 1.80. The number of fused-ring (bicyclic) bond motifs is 2. The fourth-order valence-electron chi connectivity index (χ4n) is 2.72. The molecule has 1 aromatic carbocycles. The molecule has 0 radical (unpaired) electrons. The first-order chi connectivity index (χ1) is 9.29. The van der Waals surface area contributed by atoms with Gasteiger partial charge in [-0.1, -0.05) is 25.5 Å². The van der Waals surface area contributed by atoms with E-state index in [1.165, 1.54) is 17.7 Å². The van der Waals surface area contributed by atoms with E-state index in [4.69, 9.17) is 0 Å². The Kier molecular flexibility index (Phi) is 5.19. The molecule has 108 valence electrons. The highest BCUT2D eigenvalue weighted by molar-refractivity contribution is 7.18. The van der Waals surface area contributed by atoms with Crippen molar-refractivity contribution in [1.82, 2.24) is 4.90 Å². The van der Waals surface area contributed by atoms with E-state index in [1.54, 1.807) is 11.3 Å². The first kappa shape index (κ1) is 15.5. The lowest BCUT2D eigenvalue weighted by Crippen LogP contribution is -2.34. The lowest BCUT2D eigenvalue weighted by Gasteiger charge is -2.27. The van der Waals surface area contributed by atoms with Crippen LogP contribution in [0.15, 0.2) is 29.1 Å². The van der Waals surface area contributed by atoms with E-state index in [0.717, 1.165) is 41.7 Å².